The van der Waals surface area contributed by atoms with Gasteiger partial charge in [-0.25, -0.2) is 8.78 Å². The van der Waals surface area contributed by atoms with Crippen LogP contribution >= 0.6 is 11.8 Å². The minimum Gasteiger partial charge on any atom is -0.271 e. The Kier molecular flexibility index (Phi) is 2.61. The first-order chi connectivity index (χ1) is 7.13. The first-order valence-electron chi connectivity index (χ1n) is 4.45. The zero-order chi connectivity index (χ0) is 10.9. The molecule has 0 bridgehead atoms. The standard InChI is InChI=1S/C11H9F2NS/c1-11(5-6-15-7-14-11)8-3-2-4-9(12)10(8)13/h2-7H,1H3/t11-/m0/s1. The van der Waals surface area contributed by atoms with Gasteiger partial charge in [-0.05, 0) is 24.5 Å². The largest absolute Gasteiger partial charge is 0.271 e. The van der Waals surface area contributed by atoms with Crippen LogP contribution in [0.3, 0.4) is 0 Å². The van der Waals surface area contributed by atoms with Gasteiger partial charge >= 0.3 is 0 Å². The Morgan fingerprint density at radius 2 is 2.13 bits per heavy atom. The van der Waals surface area contributed by atoms with Gasteiger partial charge < -0.3 is 0 Å². The van der Waals surface area contributed by atoms with Gasteiger partial charge in [-0.1, -0.05) is 23.9 Å². The van der Waals surface area contributed by atoms with Gasteiger partial charge in [0.2, 0.25) is 0 Å². The number of aliphatic imine (C=N–C) groups is 1. The molecule has 1 atom stereocenters. The van der Waals surface area contributed by atoms with E-state index in [4.69, 9.17) is 0 Å². The average molecular weight is 225 g/mol. The van der Waals surface area contributed by atoms with Gasteiger partial charge in [-0.2, -0.15) is 0 Å². The molecule has 1 heterocycles. The molecule has 1 aromatic rings. The van der Waals surface area contributed by atoms with Crippen molar-refractivity contribution in [2.24, 2.45) is 4.99 Å². The van der Waals surface area contributed by atoms with Crippen LogP contribution in [0.4, 0.5) is 8.78 Å². The van der Waals surface area contributed by atoms with Crippen molar-refractivity contribution in [1.29, 1.82) is 0 Å². The highest BCUT2D eigenvalue weighted by Crippen LogP contribution is 2.33. The van der Waals surface area contributed by atoms with Crippen molar-refractivity contribution in [3.05, 3.63) is 46.9 Å². The molecule has 1 aliphatic heterocycles. The highest BCUT2D eigenvalue weighted by Gasteiger charge is 2.28. The molecule has 0 N–H and O–H groups in total. The topological polar surface area (TPSA) is 12.4 Å². The molecule has 0 saturated heterocycles. The van der Waals surface area contributed by atoms with E-state index in [0.29, 0.717) is 0 Å². The van der Waals surface area contributed by atoms with Gasteiger partial charge in [0.1, 0.15) is 5.54 Å². The Hall–Kier alpha value is -1.16. The zero-order valence-corrected chi connectivity index (χ0v) is 8.89. The van der Waals surface area contributed by atoms with Crippen molar-refractivity contribution >= 4 is 17.3 Å². The molecule has 1 nitrogen and oxygen atoms in total. The van der Waals surface area contributed by atoms with E-state index in [-0.39, 0.29) is 5.56 Å². The number of benzene rings is 1. The van der Waals surface area contributed by atoms with Crippen LogP contribution in [0.1, 0.15) is 12.5 Å². The van der Waals surface area contributed by atoms with Crippen molar-refractivity contribution in [2.45, 2.75) is 12.5 Å². The molecule has 0 amide bonds. The predicted molar refractivity (Wildman–Crippen MR) is 58.9 cm³/mol. The van der Waals surface area contributed by atoms with E-state index in [9.17, 15) is 8.78 Å². The number of hydrogen-bond donors (Lipinski definition) is 0. The number of nitrogens with zero attached hydrogens (tertiary/aromatic N) is 1. The van der Waals surface area contributed by atoms with Crippen molar-refractivity contribution in [3.63, 3.8) is 0 Å². The summed E-state index contributed by atoms with van der Waals surface area (Å²) in [5.74, 6) is -1.66. The molecular formula is C11H9F2NS. The first-order valence-corrected chi connectivity index (χ1v) is 5.39. The number of halogens is 2. The van der Waals surface area contributed by atoms with Crippen LogP contribution in [0.25, 0.3) is 0 Å². The van der Waals surface area contributed by atoms with Crippen LogP contribution in [0.5, 0.6) is 0 Å². The molecule has 2 rings (SSSR count). The summed E-state index contributed by atoms with van der Waals surface area (Å²) in [4.78, 5) is 4.18. The van der Waals surface area contributed by atoms with Crippen molar-refractivity contribution in [2.75, 3.05) is 0 Å². The molecule has 0 radical (unpaired) electrons. The van der Waals surface area contributed by atoms with Gasteiger partial charge in [0, 0.05) is 5.56 Å². The van der Waals surface area contributed by atoms with Crippen LogP contribution in [0.15, 0.2) is 34.7 Å². The summed E-state index contributed by atoms with van der Waals surface area (Å²) in [5, 5.41) is 1.82. The molecule has 0 unspecified atom stereocenters. The van der Waals surface area contributed by atoms with Crippen LogP contribution in [0.2, 0.25) is 0 Å². The lowest BCUT2D eigenvalue weighted by Gasteiger charge is -2.24. The number of thioether (sulfide) groups is 1. The highest BCUT2D eigenvalue weighted by molar-refractivity contribution is 8.14. The first kappa shape index (κ1) is 10.4. The molecule has 0 aliphatic carbocycles. The van der Waals surface area contributed by atoms with Crippen molar-refractivity contribution < 1.29 is 8.78 Å². The van der Waals surface area contributed by atoms with Crippen LogP contribution in [0, 0.1) is 11.6 Å². The highest BCUT2D eigenvalue weighted by atomic mass is 32.2. The summed E-state index contributed by atoms with van der Waals surface area (Å²) in [6.07, 6.45) is 1.76. The molecule has 1 aromatic carbocycles. The minimum absolute atomic E-state index is 0.260. The second-order valence-electron chi connectivity index (χ2n) is 3.42. The fourth-order valence-electron chi connectivity index (χ4n) is 1.44. The predicted octanol–water partition coefficient (Wildman–Crippen LogP) is 3.47. The van der Waals surface area contributed by atoms with E-state index in [1.165, 1.54) is 17.8 Å². The third-order valence-corrected chi connectivity index (χ3v) is 2.87. The van der Waals surface area contributed by atoms with Gasteiger partial charge in [-0.15, -0.1) is 0 Å². The van der Waals surface area contributed by atoms with E-state index in [2.05, 4.69) is 4.99 Å². The van der Waals surface area contributed by atoms with E-state index >= 15 is 0 Å². The second kappa shape index (κ2) is 3.77. The summed E-state index contributed by atoms with van der Waals surface area (Å²) in [5.41, 5.74) is 1.09. The SMILES string of the molecule is C[C@@]1(c2cccc(F)c2F)C=CSC=N1. The Morgan fingerprint density at radius 3 is 2.80 bits per heavy atom. The Bertz CT molecular complexity index is 428. The van der Waals surface area contributed by atoms with Crippen molar-refractivity contribution in [3.8, 4) is 0 Å². The zero-order valence-electron chi connectivity index (χ0n) is 8.08. The third-order valence-electron chi connectivity index (χ3n) is 2.35. The molecule has 0 aromatic heterocycles. The van der Waals surface area contributed by atoms with Gasteiger partial charge in [-0.3, -0.25) is 4.99 Å². The smallest absolute Gasteiger partial charge is 0.164 e. The van der Waals surface area contributed by atoms with E-state index in [0.717, 1.165) is 6.07 Å². The number of hydrogen-bond acceptors (Lipinski definition) is 2. The molecule has 0 fully saturated rings. The van der Waals surface area contributed by atoms with E-state index in [1.54, 1.807) is 24.6 Å². The lowest BCUT2D eigenvalue weighted by atomic mass is 9.92. The molecule has 0 saturated carbocycles. The minimum atomic E-state index is -0.837. The third kappa shape index (κ3) is 1.81. The summed E-state index contributed by atoms with van der Waals surface area (Å²) in [6, 6.07) is 4.15. The van der Waals surface area contributed by atoms with Crippen LogP contribution in [-0.4, -0.2) is 5.55 Å². The maximum absolute atomic E-state index is 13.5. The van der Waals surface area contributed by atoms with E-state index < -0.39 is 17.2 Å². The molecule has 4 heteroatoms. The molecule has 0 spiro atoms. The quantitative estimate of drug-likeness (QED) is 0.712. The normalized spacial score (nSPS) is 24.5. The Labute approximate surface area is 90.9 Å². The molecule has 15 heavy (non-hydrogen) atoms. The maximum Gasteiger partial charge on any atom is 0.164 e. The molecule has 78 valence electrons. The maximum atomic E-state index is 13.5. The molecule has 1 aliphatic rings. The Morgan fingerprint density at radius 1 is 1.33 bits per heavy atom. The lowest BCUT2D eigenvalue weighted by Crippen LogP contribution is -2.19. The fourth-order valence-corrected chi connectivity index (χ4v) is 2.14. The van der Waals surface area contributed by atoms with Crippen LogP contribution < -0.4 is 0 Å². The van der Waals surface area contributed by atoms with Crippen LogP contribution in [-0.2, 0) is 5.54 Å². The monoisotopic (exact) mass is 225 g/mol. The fraction of sp³-hybridized carbons (Fsp3) is 0.182. The summed E-state index contributed by atoms with van der Waals surface area (Å²) >= 11 is 1.41. The lowest BCUT2D eigenvalue weighted by molar-refractivity contribution is 0.475. The van der Waals surface area contributed by atoms with Gasteiger partial charge in [0.05, 0.1) is 5.55 Å². The summed E-state index contributed by atoms with van der Waals surface area (Å²) in [7, 11) is 0. The summed E-state index contributed by atoms with van der Waals surface area (Å²) in [6.45, 7) is 1.75. The Balaban J connectivity index is 2.53. The second-order valence-corrected chi connectivity index (χ2v) is 4.18. The van der Waals surface area contributed by atoms with Gasteiger partial charge in [0.25, 0.3) is 0 Å². The van der Waals surface area contributed by atoms with Gasteiger partial charge in [0.15, 0.2) is 11.6 Å². The summed E-state index contributed by atoms with van der Waals surface area (Å²) < 4.78 is 26.6. The molecular weight excluding hydrogens is 216 g/mol. The van der Waals surface area contributed by atoms with E-state index in [1.807, 2.05) is 5.41 Å². The average Bonchev–Trinajstić information content (AvgIpc) is 2.23. The van der Waals surface area contributed by atoms with Crippen molar-refractivity contribution in [1.82, 2.24) is 0 Å². The number of rotatable bonds is 1.